The number of rotatable bonds is 5. The van der Waals surface area contributed by atoms with E-state index in [9.17, 15) is 4.79 Å². The van der Waals surface area contributed by atoms with E-state index >= 15 is 0 Å². The molecule has 3 rings (SSSR count). The van der Waals surface area contributed by atoms with Gasteiger partial charge >= 0.3 is 0 Å². The summed E-state index contributed by atoms with van der Waals surface area (Å²) in [5.74, 6) is 0.249. The number of carbonyl (C=O) groups excluding carboxylic acids is 1. The Balaban J connectivity index is 1.66. The molecule has 1 heterocycles. The van der Waals surface area contributed by atoms with Crippen molar-refractivity contribution in [3.8, 4) is 11.4 Å². The van der Waals surface area contributed by atoms with E-state index in [1.165, 1.54) is 4.80 Å². The molecule has 1 aromatic heterocycles. The van der Waals surface area contributed by atoms with E-state index < -0.39 is 0 Å². The molecular weight excluding hydrogens is 361 g/mol. The molecule has 0 aliphatic rings. The Hall–Kier alpha value is -2.44. The molecule has 0 saturated carbocycles. The lowest BCUT2D eigenvalue weighted by atomic mass is 10.2. The maximum Gasteiger partial charge on any atom is 0.246 e. The van der Waals surface area contributed by atoms with Crippen molar-refractivity contribution >= 4 is 29.1 Å². The second kappa shape index (κ2) is 7.63. The summed E-state index contributed by atoms with van der Waals surface area (Å²) in [6, 6.07) is 14.6. The Labute approximate surface area is 155 Å². The van der Waals surface area contributed by atoms with Gasteiger partial charge in [-0.15, -0.1) is 10.2 Å². The van der Waals surface area contributed by atoms with Gasteiger partial charge in [0, 0.05) is 24.2 Å². The van der Waals surface area contributed by atoms with E-state index in [1.807, 2.05) is 30.3 Å². The topological polar surface area (TPSA) is 63.9 Å². The number of hydrogen-bond acceptors (Lipinski definition) is 4. The van der Waals surface area contributed by atoms with Gasteiger partial charge in [0.1, 0.15) is 6.54 Å². The van der Waals surface area contributed by atoms with Crippen LogP contribution in [0.15, 0.2) is 48.5 Å². The van der Waals surface area contributed by atoms with Crippen LogP contribution in [0.3, 0.4) is 0 Å². The molecule has 0 spiro atoms. The third-order valence-corrected chi connectivity index (χ3v) is 4.14. The SMILES string of the molecule is CN(Cc1cccc(Cl)c1)C(=O)Cn1nnc(-c2ccccc2Cl)n1. The summed E-state index contributed by atoms with van der Waals surface area (Å²) in [5, 5.41) is 13.3. The number of aromatic nitrogens is 4. The second-order valence-corrected chi connectivity index (χ2v) is 6.35. The summed E-state index contributed by atoms with van der Waals surface area (Å²) in [5.41, 5.74) is 1.63. The van der Waals surface area contributed by atoms with Crippen LogP contribution in [-0.2, 0) is 17.9 Å². The van der Waals surface area contributed by atoms with Crippen molar-refractivity contribution < 1.29 is 4.79 Å². The minimum absolute atomic E-state index is 0.00544. The molecule has 0 aliphatic carbocycles. The zero-order valence-corrected chi connectivity index (χ0v) is 14.9. The molecule has 8 heteroatoms. The number of tetrazole rings is 1. The molecule has 0 aliphatic heterocycles. The number of likely N-dealkylation sites (N-methyl/N-ethyl adjacent to an activating group) is 1. The highest BCUT2D eigenvalue weighted by molar-refractivity contribution is 6.33. The van der Waals surface area contributed by atoms with Crippen molar-refractivity contribution in [2.45, 2.75) is 13.1 Å². The first kappa shape index (κ1) is 17.4. The lowest BCUT2D eigenvalue weighted by Gasteiger charge is -2.16. The van der Waals surface area contributed by atoms with E-state index in [2.05, 4.69) is 15.4 Å². The normalized spacial score (nSPS) is 10.7. The maximum absolute atomic E-state index is 12.4. The Bertz CT molecular complexity index is 896. The Morgan fingerprint density at radius 1 is 1.16 bits per heavy atom. The number of benzene rings is 2. The number of halogens is 2. The number of carbonyl (C=O) groups is 1. The van der Waals surface area contributed by atoms with Crippen LogP contribution >= 0.6 is 23.2 Å². The van der Waals surface area contributed by atoms with Gasteiger partial charge in [-0.1, -0.05) is 47.5 Å². The van der Waals surface area contributed by atoms with Gasteiger partial charge in [-0.25, -0.2) is 0 Å². The number of hydrogen-bond donors (Lipinski definition) is 0. The quantitative estimate of drug-likeness (QED) is 0.686. The molecular formula is C17H15Cl2N5O. The van der Waals surface area contributed by atoms with Gasteiger partial charge in [0.2, 0.25) is 11.7 Å². The van der Waals surface area contributed by atoms with Crippen LogP contribution in [0.1, 0.15) is 5.56 Å². The molecule has 0 bridgehead atoms. The lowest BCUT2D eigenvalue weighted by molar-refractivity contribution is -0.131. The summed E-state index contributed by atoms with van der Waals surface area (Å²) in [7, 11) is 1.72. The minimum Gasteiger partial charge on any atom is -0.340 e. The molecule has 0 radical (unpaired) electrons. The Morgan fingerprint density at radius 2 is 1.96 bits per heavy atom. The van der Waals surface area contributed by atoms with Crippen LogP contribution in [-0.4, -0.2) is 38.1 Å². The van der Waals surface area contributed by atoms with Crippen molar-refractivity contribution in [3.63, 3.8) is 0 Å². The van der Waals surface area contributed by atoms with Crippen LogP contribution < -0.4 is 0 Å². The average Bonchev–Trinajstić information content (AvgIpc) is 3.03. The van der Waals surface area contributed by atoms with E-state index in [4.69, 9.17) is 23.2 Å². The smallest absolute Gasteiger partial charge is 0.246 e. The molecule has 3 aromatic rings. The van der Waals surface area contributed by atoms with E-state index in [-0.39, 0.29) is 12.5 Å². The number of amides is 1. The molecule has 6 nitrogen and oxygen atoms in total. The van der Waals surface area contributed by atoms with Gasteiger partial charge < -0.3 is 4.90 Å². The third-order valence-electron chi connectivity index (χ3n) is 3.58. The lowest BCUT2D eigenvalue weighted by Crippen LogP contribution is -2.30. The van der Waals surface area contributed by atoms with Crippen molar-refractivity contribution in [1.29, 1.82) is 0 Å². The average molecular weight is 376 g/mol. The van der Waals surface area contributed by atoms with Crippen LogP contribution in [0.25, 0.3) is 11.4 Å². The third kappa shape index (κ3) is 4.35. The molecule has 2 aromatic carbocycles. The fourth-order valence-corrected chi connectivity index (χ4v) is 2.73. The fourth-order valence-electron chi connectivity index (χ4n) is 2.30. The molecule has 0 saturated heterocycles. The van der Waals surface area contributed by atoms with Gasteiger partial charge in [0.05, 0.1) is 5.02 Å². The Morgan fingerprint density at radius 3 is 2.72 bits per heavy atom. The minimum atomic E-state index is -0.136. The van der Waals surface area contributed by atoms with Gasteiger partial charge in [0.15, 0.2) is 0 Å². The largest absolute Gasteiger partial charge is 0.340 e. The molecule has 0 fully saturated rings. The van der Waals surface area contributed by atoms with Crippen LogP contribution in [0, 0.1) is 0 Å². The predicted molar refractivity (Wildman–Crippen MR) is 96.2 cm³/mol. The number of nitrogens with zero attached hydrogens (tertiary/aromatic N) is 5. The molecule has 128 valence electrons. The van der Waals surface area contributed by atoms with Crippen molar-refractivity contribution in [1.82, 2.24) is 25.1 Å². The highest BCUT2D eigenvalue weighted by atomic mass is 35.5. The standard InChI is InChI=1S/C17H15Cl2N5O/c1-23(10-12-5-4-6-13(18)9-12)16(25)11-24-21-17(20-22-24)14-7-2-3-8-15(14)19/h2-9H,10-11H2,1H3. The van der Waals surface area contributed by atoms with Crippen LogP contribution in [0.2, 0.25) is 10.0 Å². The van der Waals surface area contributed by atoms with Crippen molar-refractivity contribution in [3.05, 3.63) is 64.1 Å². The molecule has 0 N–H and O–H groups in total. The van der Waals surface area contributed by atoms with E-state index in [0.717, 1.165) is 5.56 Å². The maximum atomic E-state index is 12.4. The molecule has 0 unspecified atom stereocenters. The predicted octanol–water partition coefficient (Wildman–Crippen LogP) is 3.31. The van der Waals surface area contributed by atoms with Gasteiger partial charge in [-0.2, -0.15) is 4.80 Å². The van der Waals surface area contributed by atoms with Crippen LogP contribution in [0.4, 0.5) is 0 Å². The van der Waals surface area contributed by atoms with Crippen molar-refractivity contribution in [2.75, 3.05) is 7.05 Å². The highest BCUT2D eigenvalue weighted by Gasteiger charge is 2.14. The van der Waals surface area contributed by atoms with Gasteiger partial charge in [0.25, 0.3) is 0 Å². The van der Waals surface area contributed by atoms with Crippen LogP contribution in [0.5, 0.6) is 0 Å². The zero-order valence-electron chi connectivity index (χ0n) is 13.4. The van der Waals surface area contributed by atoms with E-state index in [1.54, 1.807) is 30.1 Å². The Kier molecular flexibility index (Phi) is 5.31. The monoisotopic (exact) mass is 375 g/mol. The molecule has 1 amide bonds. The van der Waals surface area contributed by atoms with Crippen molar-refractivity contribution in [2.24, 2.45) is 0 Å². The summed E-state index contributed by atoms with van der Waals surface area (Å²) < 4.78 is 0. The summed E-state index contributed by atoms with van der Waals surface area (Å²) in [6.07, 6.45) is 0. The zero-order chi connectivity index (χ0) is 17.8. The first-order valence-electron chi connectivity index (χ1n) is 7.54. The summed E-state index contributed by atoms with van der Waals surface area (Å²) >= 11 is 12.1. The second-order valence-electron chi connectivity index (χ2n) is 5.50. The highest BCUT2D eigenvalue weighted by Crippen LogP contribution is 2.23. The summed E-state index contributed by atoms with van der Waals surface area (Å²) in [4.78, 5) is 15.2. The fraction of sp³-hybridized carbons (Fsp3) is 0.176. The molecule has 25 heavy (non-hydrogen) atoms. The first-order chi connectivity index (χ1) is 12.0. The van der Waals surface area contributed by atoms with E-state index in [0.29, 0.717) is 28.0 Å². The van der Waals surface area contributed by atoms with Gasteiger partial charge in [-0.05, 0) is 35.0 Å². The summed E-state index contributed by atoms with van der Waals surface area (Å²) in [6.45, 7) is 0.444. The molecule has 0 atom stereocenters. The first-order valence-corrected chi connectivity index (χ1v) is 8.29. The van der Waals surface area contributed by atoms with Gasteiger partial charge in [-0.3, -0.25) is 4.79 Å².